The third-order valence-electron chi connectivity index (χ3n) is 5.54. The van der Waals surface area contributed by atoms with E-state index in [9.17, 15) is 13.2 Å². The number of alkyl halides is 3. The minimum absolute atomic E-state index is 0.0715. The normalized spacial score (nSPS) is 26.4. The summed E-state index contributed by atoms with van der Waals surface area (Å²) >= 11 is 0. The third kappa shape index (κ3) is 4.05. The van der Waals surface area contributed by atoms with Gasteiger partial charge in [-0.25, -0.2) is 0 Å². The number of aromatic nitrogens is 2. The molecule has 0 bridgehead atoms. The molecular formula is C17H26F3N3O. The highest BCUT2D eigenvalue weighted by atomic mass is 19.4. The average molecular weight is 345 g/mol. The van der Waals surface area contributed by atoms with Crippen molar-refractivity contribution >= 4 is 0 Å². The quantitative estimate of drug-likeness (QED) is 0.817. The molecule has 0 aromatic carbocycles. The summed E-state index contributed by atoms with van der Waals surface area (Å²) < 4.78 is 44.7. The van der Waals surface area contributed by atoms with Crippen molar-refractivity contribution < 1.29 is 17.9 Å². The minimum atomic E-state index is -4.40. The Bertz CT molecular complexity index is 550. The fraction of sp³-hybridized carbons (Fsp3) is 0.824. The molecule has 1 aliphatic carbocycles. The van der Waals surface area contributed by atoms with Gasteiger partial charge in [0.05, 0.1) is 6.61 Å². The summed E-state index contributed by atoms with van der Waals surface area (Å²) in [6.45, 7) is 6.19. The van der Waals surface area contributed by atoms with Crippen LogP contribution in [0.1, 0.15) is 38.3 Å². The summed E-state index contributed by atoms with van der Waals surface area (Å²) in [6.07, 6.45) is 0.418. The van der Waals surface area contributed by atoms with Crippen LogP contribution < -0.4 is 4.74 Å². The molecule has 136 valence electrons. The zero-order chi connectivity index (χ0) is 17.3. The molecule has 0 amide bonds. The molecule has 2 aliphatic rings. The van der Waals surface area contributed by atoms with E-state index in [0.29, 0.717) is 18.4 Å². The lowest BCUT2D eigenvalue weighted by atomic mass is 9.73. The Kier molecular flexibility index (Phi) is 5.08. The monoisotopic (exact) mass is 345 g/mol. The molecule has 1 unspecified atom stereocenters. The van der Waals surface area contributed by atoms with Gasteiger partial charge in [0, 0.05) is 19.7 Å². The van der Waals surface area contributed by atoms with Crippen LogP contribution in [0.2, 0.25) is 0 Å². The van der Waals surface area contributed by atoms with Crippen LogP contribution in [-0.2, 0) is 13.2 Å². The van der Waals surface area contributed by atoms with Gasteiger partial charge in [0.1, 0.15) is 5.69 Å². The Morgan fingerprint density at radius 3 is 2.38 bits per heavy atom. The number of hydrogen-bond acceptors (Lipinski definition) is 3. The van der Waals surface area contributed by atoms with Crippen LogP contribution in [-0.4, -0.2) is 40.9 Å². The van der Waals surface area contributed by atoms with Crippen LogP contribution in [0.5, 0.6) is 5.88 Å². The molecular weight excluding hydrogens is 319 g/mol. The molecule has 1 saturated heterocycles. The molecule has 2 fully saturated rings. The van der Waals surface area contributed by atoms with Crippen LogP contribution in [0.25, 0.3) is 0 Å². The molecule has 7 heteroatoms. The first-order chi connectivity index (χ1) is 11.3. The summed E-state index contributed by atoms with van der Waals surface area (Å²) in [5.74, 6) is 1.93. The van der Waals surface area contributed by atoms with Gasteiger partial charge in [-0.3, -0.25) is 4.68 Å². The smallest absolute Gasteiger partial charge is 0.433 e. The van der Waals surface area contributed by atoms with Gasteiger partial charge in [-0.05, 0) is 56.5 Å². The van der Waals surface area contributed by atoms with Gasteiger partial charge in [0.15, 0.2) is 0 Å². The standard InChI is InChI=1S/C17H26F3N3O/c1-12-5-7-23(8-6-12)10-13-3-4-14(13)11-24-16-9-15(17(18,19)20)22(2)21-16/h9,12-14H,3-8,10-11H2,1-2H3/t13-,14?/m1/s1. The van der Waals surface area contributed by atoms with Crippen molar-refractivity contribution in [2.75, 3.05) is 26.2 Å². The molecule has 1 aromatic rings. The van der Waals surface area contributed by atoms with E-state index in [0.717, 1.165) is 29.6 Å². The highest BCUT2D eigenvalue weighted by Gasteiger charge is 2.36. The predicted molar refractivity (Wildman–Crippen MR) is 84.8 cm³/mol. The molecule has 1 aliphatic heterocycles. The van der Waals surface area contributed by atoms with E-state index in [-0.39, 0.29) is 5.88 Å². The summed E-state index contributed by atoms with van der Waals surface area (Å²) in [6, 6.07) is 0.986. The maximum atomic E-state index is 12.8. The molecule has 2 heterocycles. The van der Waals surface area contributed by atoms with Crippen molar-refractivity contribution in [2.45, 2.75) is 38.8 Å². The third-order valence-corrected chi connectivity index (χ3v) is 5.54. The summed E-state index contributed by atoms with van der Waals surface area (Å²) in [7, 11) is 1.29. The van der Waals surface area contributed by atoms with E-state index < -0.39 is 11.9 Å². The Hall–Kier alpha value is -1.24. The van der Waals surface area contributed by atoms with E-state index in [1.165, 1.54) is 39.4 Å². The van der Waals surface area contributed by atoms with Crippen LogP contribution in [0.15, 0.2) is 6.07 Å². The number of hydrogen-bond donors (Lipinski definition) is 0. The van der Waals surface area contributed by atoms with Gasteiger partial charge in [0.2, 0.25) is 5.88 Å². The average Bonchev–Trinajstić information content (AvgIpc) is 2.87. The summed E-state index contributed by atoms with van der Waals surface area (Å²) in [5, 5.41) is 3.82. The van der Waals surface area contributed by atoms with Gasteiger partial charge in [-0.2, -0.15) is 13.2 Å². The maximum Gasteiger partial charge on any atom is 0.433 e. The number of nitrogens with zero attached hydrogens (tertiary/aromatic N) is 3. The number of ether oxygens (including phenoxy) is 1. The zero-order valence-corrected chi connectivity index (χ0v) is 14.4. The fourth-order valence-electron chi connectivity index (χ4n) is 3.64. The summed E-state index contributed by atoms with van der Waals surface area (Å²) in [5.41, 5.74) is -0.773. The van der Waals surface area contributed by atoms with E-state index in [1.807, 2.05) is 0 Å². The van der Waals surface area contributed by atoms with E-state index in [1.54, 1.807) is 0 Å². The Labute approximate surface area is 141 Å². The lowest BCUT2D eigenvalue weighted by Gasteiger charge is -2.41. The van der Waals surface area contributed by atoms with Crippen molar-refractivity contribution in [3.05, 3.63) is 11.8 Å². The molecule has 24 heavy (non-hydrogen) atoms. The fourth-order valence-corrected chi connectivity index (χ4v) is 3.64. The lowest BCUT2D eigenvalue weighted by molar-refractivity contribution is -0.143. The number of rotatable bonds is 5. The first-order valence-electron chi connectivity index (χ1n) is 8.79. The molecule has 4 nitrogen and oxygen atoms in total. The van der Waals surface area contributed by atoms with Crippen molar-refractivity contribution in [3.63, 3.8) is 0 Å². The van der Waals surface area contributed by atoms with Gasteiger partial charge < -0.3 is 9.64 Å². The number of likely N-dealkylation sites (tertiary alicyclic amines) is 1. The largest absolute Gasteiger partial charge is 0.476 e. The van der Waals surface area contributed by atoms with Gasteiger partial charge in [-0.15, -0.1) is 5.10 Å². The van der Waals surface area contributed by atoms with Crippen molar-refractivity contribution in [1.29, 1.82) is 0 Å². The molecule has 1 aromatic heterocycles. The van der Waals surface area contributed by atoms with Crippen LogP contribution in [0.3, 0.4) is 0 Å². The first-order valence-corrected chi connectivity index (χ1v) is 8.79. The van der Waals surface area contributed by atoms with Gasteiger partial charge in [-0.1, -0.05) is 6.92 Å². The van der Waals surface area contributed by atoms with E-state index in [2.05, 4.69) is 16.9 Å². The number of aryl methyl sites for hydroxylation is 1. The Morgan fingerprint density at radius 1 is 1.17 bits per heavy atom. The molecule has 2 atom stereocenters. The topological polar surface area (TPSA) is 30.3 Å². The SMILES string of the molecule is CC1CCN(C[C@H]2CCC2COc2cc(C(F)(F)F)n(C)n2)CC1. The molecule has 3 rings (SSSR count). The number of piperidine rings is 1. The molecule has 0 radical (unpaired) electrons. The Balaban J connectivity index is 1.47. The number of halogens is 3. The maximum absolute atomic E-state index is 12.8. The van der Waals surface area contributed by atoms with Gasteiger partial charge >= 0.3 is 6.18 Å². The molecule has 0 spiro atoms. The second kappa shape index (κ2) is 6.94. The zero-order valence-electron chi connectivity index (χ0n) is 14.4. The second-order valence-electron chi connectivity index (χ2n) is 7.38. The minimum Gasteiger partial charge on any atom is -0.476 e. The van der Waals surface area contributed by atoms with Crippen molar-refractivity contribution in [2.24, 2.45) is 24.8 Å². The predicted octanol–water partition coefficient (Wildman–Crippen LogP) is 3.58. The van der Waals surface area contributed by atoms with Crippen molar-refractivity contribution in [3.8, 4) is 5.88 Å². The van der Waals surface area contributed by atoms with Crippen LogP contribution in [0.4, 0.5) is 13.2 Å². The van der Waals surface area contributed by atoms with Crippen LogP contribution in [0, 0.1) is 17.8 Å². The molecule has 1 saturated carbocycles. The highest BCUT2D eigenvalue weighted by Crippen LogP contribution is 2.36. The van der Waals surface area contributed by atoms with E-state index in [4.69, 9.17) is 4.74 Å². The van der Waals surface area contributed by atoms with Crippen LogP contribution >= 0.6 is 0 Å². The van der Waals surface area contributed by atoms with Crippen molar-refractivity contribution in [1.82, 2.24) is 14.7 Å². The first kappa shape index (κ1) is 17.6. The highest BCUT2D eigenvalue weighted by molar-refractivity contribution is 5.18. The van der Waals surface area contributed by atoms with E-state index >= 15 is 0 Å². The Morgan fingerprint density at radius 2 is 1.83 bits per heavy atom. The molecule has 0 N–H and O–H groups in total. The second-order valence-corrected chi connectivity index (χ2v) is 7.38. The lowest BCUT2D eigenvalue weighted by Crippen LogP contribution is -2.43. The van der Waals surface area contributed by atoms with Gasteiger partial charge in [0.25, 0.3) is 0 Å². The summed E-state index contributed by atoms with van der Waals surface area (Å²) in [4.78, 5) is 2.53.